The summed E-state index contributed by atoms with van der Waals surface area (Å²) in [5.41, 5.74) is 0.984. The molecule has 5 nitrogen and oxygen atoms in total. The number of carbonyl (C=O) groups is 1. The van der Waals surface area contributed by atoms with Crippen LogP contribution in [0, 0.1) is 0 Å². The first-order valence-corrected chi connectivity index (χ1v) is 8.02. The molecule has 1 heterocycles. The summed E-state index contributed by atoms with van der Waals surface area (Å²) in [7, 11) is 0. The summed E-state index contributed by atoms with van der Waals surface area (Å²) in [5, 5.41) is 12.2. The molecule has 0 saturated heterocycles. The lowest BCUT2D eigenvalue weighted by molar-refractivity contribution is -0.119. The lowest BCUT2D eigenvalue weighted by Crippen LogP contribution is -2.28. The van der Waals surface area contributed by atoms with Crippen LogP contribution in [0.15, 0.2) is 35.7 Å². The average molecular weight is 325 g/mol. The number of nitrogens with zero attached hydrogens (tertiary/aromatic N) is 3. The van der Waals surface area contributed by atoms with Crippen LogP contribution < -0.4 is 5.32 Å². The van der Waals surface area contributed by atoms with Crippen molar-refractivity contribution < 1.29 is 4.79 Å². The van der Waals surface area contributed by atoms with Crippen molar-refractivity contribution in [3.8, 4) is 0 Å². The molecule has 0 saturated carbocycles. The van der Waals surface area contributed by atoms with Gasteiger partial charge in [-0.25, -0.2) is 0 Å². The third-order valence-electron chi connectivity index (χ3n) is 2.98. The van der Waals surface area contributed by atoms with Gasteiger partial charge in [0.05, 0.1) is 11.8 Å². The minimum absolute atomic E-state index is 0.0434. The molecule has 1 N–H and O–H groups in total. The predicted molar refractivity (Wildman–Crippen MR) is 84.4 cm³/mol. The number of halogens is 1. The number of aromatic nitrogens is 3. The van der Waals surface area contributed by atoms with Crippen LogP contribution in [0.1, 0.15) is 25.5 Å². The van der Waals surface area contributed by atoms with Gasteiger partial charge >= 0.3 is 0 Å². The van der Waals surface area contributed by atoms with E-state index in [2.05, 4.69) is 15.5 Å². The Morgan fingerprint density at radius 3 is 3.05 bits per heavy atom. The smallest absolute Gasteiger partial charge is 0.230 e. The summed E-state index contributed by atoms with van der Waals surface area (Å²) in [6.07, 6.45) is 1.66. The van der Waals surface area contributed by atoms with Gasteiger partial charge in [0.25, 0.3) is 0 Å². The molecule has 0 aliphatic carbocycles. The molecule has 1 unspecified atom stereocenters. The molecule has 112 valence electrons. The Hall–Kier alpha value is -1.53. The van der Waals surface area contributed by atoms with Gasteiger partial charge in [-0.1, -0.05) is 35.5 Å². The Labute approximate surface area is 133 Å². The summed E-state index contributed by atoms with van der Waals surface area (Å²) < 4.78 is 1.90. The van der Waals surface area contributed by atoms with Gasteiger partial charge in [-0.3, -0.25) is 4.79 Å². The SMILES string of the molecule is CCn1cnnc1SCC(=O)NC(C)c1cccc(Cl)c1. The van der Waals surface area contributed by atoms with Crippen molar-refractivity contribution in [2.45, 2.75) is 31.6 Å². The molecule has 1 amide bonds. The first kappa shape index (κ1) is 15.9. The van der Waals surface area contributed by atoms with Crippen molar-refractivity contribution in [1.82, 2.24) is 20.1 Å². The minimum atomic E-state index is -0.0826. The van der Waals surface area contributed by atoms with Crippen molar-refractivity contribution in [3.63, 3.8) is 0 Å². The van der Waals surface area contributed by atoms with E-state index in [4.69, 9.17) is 11.6 Å². The normalized spacial score (nSPS) is 12.1. The first-order chi connectivity index (χ1) is 10.1. The zero-order chi connectivity index (χ0) is 15.2. The van der Waals surface area contributed by atoms with Gasteiger partial charge in [0, 0.05) is 11.6 Å². The number of hydrogen-bond acceptors (Lipinski definition) is 4. The van der Waals surface area contributed by atoms with Gasteiger partial charge in [-0.15, -0.1) is 10.2 Å². The molecule has 21 heavy (non-hydrogen) atoms. The number of aryl methyl sites for hydroxylation is 1. The van der Waals surface area contributed by atoms with E-state index in [9.17, 15) is 4.79 Å². The van der Waals surface area contributed by atoms with Gasteiger partial charge in [-0.2, -0.15) is 0 Å². The van der Waals surface area contributed by atoms with Gasteiger partial charge in [0.2, 0.25) is 5.91 Å². The Kier molecular flexibility index (Phi) is 5.64. The maximum atomic E-state index is 12.0. The summed E-state index contributed by atoms with van der Waals surface area (Å²) in [5.74, 6) is 0.266. The Balaban J connectivity index is 1.87. The third-order valence-corrected chi connectivity index (χ3v) is 4.20. The number of rotatable bonds is 6. The number of amides is 1. The number of benzene rings is 1. The van der Waals surface area contributed by atoms with Crippen LogP contribution in [0.4, 0.5) is 0 Å². The zero-order valence-electron chi connectivity index (χ0n) is 11.9. The van der Waals surface area contributed by atoms with Crippen LogP contribution in [0.2, 0.25) is 5.02 Å². The number of carbonyl (C=O) groups excluding carboxylic acids is 1. The molecule has 0 radical (unpaired) electrons. The number of hydrogen-bond donors (Lipinski definition) is 1. The van der Waals surface area contributed by atoms with Crippen molar-refractivity contribution in [2.75, 3.05) is 5.75 Å². The van der Waals surface area contributed by atoms with Crippen LogP contribution in [0.5, 0.6) is 0 Å². The highest BCUT2D eigenvalue weighted by Gasteiger charge is 2.12. The molecule has 1 aromatic heterocycles. The number of nitrogens with one attached hydrogen (secondary N) is 1. The summed E-state index contributed by atoms with van der Waals surface area (Å²) in [6, 6.07) is 7.40. The van der Waals surface area contributed by atoms with E-state index in [1.807, 2.05) is 42.7 Å². The molecule has 0 aliphatic rings. The van der Waals surface area contributed by atoms with Crippen LogP contribution in [0.3, 0.4) is 0 Å². The van der Waals surface area contributed by atoms with Gasteiger partial charge in [-0.05, 0) is 31.5 Å². The highest BCUT2D eigenvalue weighted by molar-refractivity contribution is 7.99. The maximum absolute atomic E-state index is 12.0. The molecular weight excluding hydrogens is 308 g/mol. The molecule has 0 aliphatic heterocycles. The second kappa shape index (κ2) is 7.47. The highest BCUT2D eigenvalue weighted by Crippen LogP contribution is 2.18. The molecule has 1 atom stereocenters. The molecule has 0 bridgehead atoms. The number of thioether (sulfide) groups is 1. The lowest BCUT2D eigenvalue weighted by atomic mass is 10.1. The Bertz CT molecular complexity index is 617. The molecule has 7 heteroatoms. The fourth-order valence-electron chi connectivity index (χ4n) is 1.85. The van der Waals surface area contributed by atoms with Gasteiger partial charge in [0.15, 0.2) is 5.16 Å². The standard InChI is InChI=1S/C14H17ClN4OS/c1-3-19-9-16-18-14(19)21-8-13(20)17-10(2)11-5-4-6-12(15)7-11/h4-7,9-10H,3,8H2,1-2H3,(H,17,20). The van der Waals surface area contributed by atoms with Crippen LogP contribution in [-0.4, -0.2) is 26.4 Å². The van der Waals surface area contributed by atoms with Crippen LogP contribution in [0.25, 0.3) is 0 Å². The molecule has 0 fully saturated rings. The van der Waals surface area contributed by atoms with Crippen molar-refractivity contribution in [1.29, 1.82) is 0 Å². The van der Waals surface area contributed by atoms with E-state index >= 15 is 0 Å². The van der Waals surface area contributed by atoms with Gasteiger partial charge < -0.3 is 9.88 Å². The third kappa shape index (κ3) is 4.47. The second-order valence-corrected chi connectivity index (χ2v) is 5.91. The van der Waals surface area contributed by atoms with Crippen LogP contribution in [-0.2, 0) is 11.3 Å². The topological polar surface area (TPSA) is 59.8 Å². The van der Waals surface area contributed by atoms with Crippen molar-refractivity contribution in [3.05, 3.63) is 41.2 Å². The molecule has 2 aromatic rings. The fourth-order valence-corrected chi connectivity index (χ4v) is 2.83. The maximum Gasteiger partial charge on any atom is 0.230 e. The Morgan fingerprint density at radius 2 is 2.33 bits per heavy atom. The summed E-state index contributed by atoms with van der Waals surface area (Å²) >= 11 is 7.33. The Morgan fingerprint density at radius 1 is 1.52 bits per heavy atom. The first-order valence-electron chi connectivity index (χ1n) is 6.65. The second-order valence-electron chi connectivity index (χ2n) is 4.53. The highest BCUT2D eigenvalue weighted by atomic mass is 35.5. The molecule has 1 aromatic carbocycles. The lowest BCUT2D eigenvalue weighted by Gasteiger charge is -2.14. The fraction of sp³-hybridized carbons (Fsp3) is 0.357. The van der Waals surface area contributed by atoms with Crippen LogP contribution >= 0.6 is 23.4 Å². The van der Waals surface area contributed by atoms with Crippen molar-refractivity contribution >= 4 is 29.3 Å². The van der Waals surface area contributed by atoms with E-state index in [0.29, 0.717) is 10.8 Å². The summed E-state index contributed by atoms with van der Waals surface area (Å²) in [6.45, 7) is 4.73. The minimum Gasteiger partial charge on any atom is -0.349 e. The largest absolute Gasteiger partial charge is 0.349 e. The molecule has 0 spiro atoms. The molecule has 2 rings (SSSR count). The monoisotopic (exact) mass is 324 g/mol. The quantitative estimate of drug-likeness (QED) is 0.830. The zero-order valence-corrected chi connectivity index (χ0v) is 13.5. The van der Waals surface area contributed by atoms with Gasteiger partial charge in [0.1, 0.15) is 6.33 Å². The predicted octanol–water partition coefficient (Wildman–Crippen LogP) is 2.92. The van der Waals surface area contributed by atoms with E-state index in [-0.39, 0.29) is 11.9 Å². The molecular formula is C14H17ClN4OS. The van der Waals surface area contributed by atoms with Crippen molar-refractivity contribution in [2.24, 2.45) is 0 Å². The average Bonchev–Trinajstić information content (AvgIpc) is 2.92. The van der Waals surface area contributed by atoms with E-state index in [1.165, 1.54) is 11.8 Å². The van der Waals surface area contributed by atoms with E-state index < -0.39 is 0 Å². The van der Waals surface area contributed by atoms with E-state index in [0.717, 1.165) is 17.3 Å². The van der Waals surface area contributed by atoms with E-state index in [1.54, 1.807) is 6.33 Å². The summed E-state index contributed by atoms with van der Waals surface area (Å²) in [4.78, 5) is 12.0.